The lowest BCUT2D eigenvalue weighted by Crippen LogP contribution is -2.64. The molecule has 0 bridgehead atoms. The molecule has 0 aliphatic heterocycles. The average Bonchev–Trinajstić information content (AvgIpc) is 3.17. The number of aliphatic hydroxyl groups is 5. The summed E-state index contributed by atoms with van der Waals surface area (Å²) >= 11 is 0. The fourth-order valence-electron chi connectivity index (χ4n) is 7.12. The van der Waals surface area contributed by atoms with Crippen LogP contribution in [0.2, 0.25) is 0 Å². The van der Waals surface area contributed by atoms with E-state index in [2.05, 4.69) is 13.8 Å². The van der Waals surface area contributed by atoms with Crippen LogP contribution in [-0.2, 0) is 27.9 Å². The predicted octanol–water partition coefficient (Wildman–Crippen LogP) is 8.59. The second-order valence-corrected chi connectivity index (χ2v) is 17.3. The van der Waals surface area contributed by atoms with Crippen molar-refractivity contribution in [2.75, 3.05) is 19.8 Å². The third kappa shape index (κ3) is 26.9. The van der Waals surface area contributed by atoms with Crippen LogP contribution >= 0.6 is 7.82 Å². The molecule has 1 fully saturated rings. The first-order chi connectivity index (χ1) is 26.5. The molecule has 0 aromatic heterocycles. The third-order valence-electron chi connectivity index (χ3n) is 10.7. The highest BCUT2D eigenvalue weighted by Crippen LogP contribution is 2.47. The number of phosphoric ester groups is 1. The molecule has 1 saturated carbocycles. The van der Waals surface area contributed by atoms with Crippen LogP contribution in [0, 0.1) is 0 Å². The summed E-state index contributed by atoms with van der Waals surface area (Å²) in [6.45, 7) is 4.28. The average molecular weight is 811 g/mol. The Kier molecular flexibility index (Phi) is 32.6. The van der Waals surface area contributed by atoms with Crippen LogP contribution in [-0.4, -0.2) is 98.9 Å². The van der Waals surface area contributed by atoms with Crippen molar-refractivity contribution < 1.29 is 58.3 Å². The van der Waals surface area contributed by atoms with Gasteiger partial charge in [-0.3, -0.25) is 13.8 Å². The van der Waals surface area contributed by atoms with Crippen molar-refractivity contribution in [3.8, 4) is 0 Å². The summed E-state index contributed by atoms with van der Waals surface area (Å²) in [5, 5.41) is 50.1. The number of carbonyl (C=O) groups excluding carboxylic acids is 1. The van der Waals surface area contributed by atoms with Gasteiger partial charge in [-0.15, -0.1) is 0 Å². The Morgan fingerprint density at radius 1 is 0.509 bits per heavy atom. The Hall–Kier alpha value is -0.660. The number of rotatable bonds is 38. The molecule has 0 radical (unpaired) electrons. The van der Waals surface area contributed by atoms with Gasteiger partial charge in [-0.1, -0.05) is 181 Å². The Morgan fingerprint density at radius 3 is 1.25 bits per heavy atom. The van der Waals surface area contributed by atoms with E-state index in [0.29, 0.717) is 13.0 Å². The second kappa shape index (κ2) is 34.2. The Morgan fingerprint density at radius 2 is 0.855 bits per heavy atom. The van der Waals surface area contributed by atoms with Crippen LogP contribution in [0.1, 0.15) is 200 Å². The lowest BCUT2D eigenvalue weighted by molar-refractivity contribution is -0.220. The van der Waals surface area contributed by atoms with E-state index in [1.165, 1.54) is 135 Å². The topological polar surface area (TPSA) is 192 Å². The van der Waals surface area contributed by atoms with Crippen LogP contribution in [0.5, 0.6) is 0 Å². The van der Waals surface area contributed by atoms with Gasteiger partial charge >= 0.3 is 13.8 Å². The molecule has 1 aliphatic carbocycles. The maximum atomic E-state index is 12.8. The molecule has 6 N–H and O–H groups in total. The number of ether oxygens (including phenoxy) is 2. The van der Waals surface area contributed by atoms with Crippen molar-refractivity contribution in [1.29, 1.82) is 0 Å². The molecule has 1 aliphatic rings. The van der Waals surface area contributed by atoms with Crippen molar-refractivity contribution >= 4 is 13.8 Å². The number of aliphatic hydroxyl groups excluding tert-OH is 5. The molecular formula is C42H83O12P. The quantitative estimate of drug-likeness (QED) is 0.0198. The maximum absolute atomic E-state index is 12.8. The molecule has 0 aromatic carbocycles. The summed E-state index contributed by atoms with van der Waals surface area (Å²) in [5.74, 6) is -0.473. The van der Waals surface area contributed by atoms with E-state index in [4.69, 9.17) is 18.5 Å². The van der Waals surface area contributed by atoms with Gasteiger partial charge in [0, 0.05) is 13.0 Å². The maximum Gasteiger partial charge on any atom is 0.472 e. The fourth-order valence-corrected chi connectivity index (χ4v) is 8.09. The molecule has 0 spiro atoms. The van der Waals surface area contributed by atoms with Gasteiger partial charge in [0.2, 0.25) is 0 Å². The van der Waals surface area contributed by atoms with Gasteiger partial charge < -0.3 is 39.9 Å². The number of unbranched alkanes of at least 4 members (excludes halogenated alkanes) is 26. The van der Waals surface area contributed by atoms with Crippen LogP contribution in [0.25, 0.3) is 0 Å². The van der Waals surface area contributed by atoms with Crippen molar-refractivity contribution in [3.05, 3.63) is 0 Å². The van der Waals surface area contributed by atoms with E-state index in [9.17, 15) is 39.8 Å². The summed E-state index contributed by atoms with van der Waals surface area (Å²) in [5.41, 5.74) is 0. The zero-order valence-corrected chi connectivity index (χ0v) is 35.6. The van der Waals surface area contributed by atoms with Crippen LogP contribution in [0.15, 0.2) is 0 Å². The SMILES string of the molecule is CCCCCCCCCCCCCCCCCOCC(COP(=O)(O)OC1C(O)C(O)C(O)C(O)C1O)OC(=O)CCCCCCCCCCCCCCC. The van der Waals surface area contributed by atoms with E-state index in [0.717, 1.165) is 38.5 Å². The zero-order valence-electron chi connectivity index (χ0n) is 34.7. The lowest BCUT2D eigenvalue weighted by Gasteiger charge is -2.41. The smallest absolute Gasteiger partial charge is 0.457 e. The molecule has 1 rings (SSSR count). The van der Waals surface area contributed by atoms with E-state index in [1.54, 1.807) is 0 Å². The molecule has 0 aromatic rings. The van der Waals surface area contributed by atoms with Gasteiger partial charge in [-0.2, -0.15) is 0 Å². The molecule has 55 heavy (non-hydrogen) atoms. The van der Waals surface area contributed by atoms with E-state index >= 15 is 0 Å². The molecule has 0 amide bonds. The van der Waals surface area contributed by atoms with E-state index in [-0.39, 0.29) is 13.0 Å². The first kappa shape index (κ1) is 52.4. The number of hydrogen-bond donors (Lipinski definition) is 6. The zero-order chi connectivity index (χ0) is 40.6. The highest BCUT2D eigenvalue weighted by atomic mass is 31.2. The minimum atomic E-state index is -5.00. The number of carbonyl (C=O) groups is 1. The van der Waals surface area contributed by atoms with E-state index in [1.807, 2.05) is 0 Å². The third-order valence-corrected chi connectivity index (χ3v) is 11.7. The van der Waals surface area contributed by atoms with Gasteiger partial charge in [0.05, 0.1) is 13.2 Å². The number of hydrogen-bond acceptors (Lipinski definition) is 11. The summed E-state index contributed by atoms with van der Waals surface area (Å²) in [4.78, 5) is 23.1. The molecule has 13 heteroatoms. The molecule has 6 unspecified atom stereocenters. The summed E-state index contributed by atoms with van der Waals surface area (Å²) in [6.07, 6.45) is 21.7. The highest BCUT2D eigenvalue weighted by Gasteiger charge is 2.51. The second-order valence-electron chi connectivity index (χ2n) is 15.9. The first-order valence-electron chi connectivity index (χ1n) is 22.4. The molecule has 12 nitrogen and oxygen atoms in total. The molecule has 6 atom stereocenters. The Labute approximate surface area is 334 Å². The van der Waals surface area contributed by atoms with Crippen LogP contribution in [0.4, 0.5) is 0 Å². The Bertz CT molecular complexity index is 926. The Balaban J connectivity index is 2.40. The van der Waals surface area contributed by atoms with Crippen molar-refractivity contribution in [2.45, 2.75) is 243 Å². The predicted molar refractivity (Wildman–Crippen MR) is 217 cm³/mol. The molecule has 328 valence electrons. The summed E-state index contributed by atoms with van der Waals surface area (Å²) in [6, 6.07) is 0. The molecule has 0 heterocycles. The van der Waals surface area contributed by atoms with Crippen molar-refractivity contribution in [2.24, 2.45) is 0 Å². The number of esters is 1. The molecular weight excluding hydrogens is 727 g/mol. The summed E-state index contributed by atoms with van der Waals surface area (Å²) < 4.78 is 34.1. The standard InChI is InChI=1S/C42H83O12P/c1-3-5-7-9-11-13-15-17-18-20-22-24-26-28-30-32-51-33-35(34-52-55(49,50)54-42-40(47)38(45)37(44)39(46)41(42)48)53-36(43)31-29-27-25-23-21-19-16-14-12-10-8-6-4-2/h35,37-42,44-48H,3-34H2,1-2H3,(H,49,50). The van der Waals surface area contributed by atoms with Gasteiger partial charge in [-0.25, -0.2) is 4.57 Å². The first-order valence-corrected chi connectivity index (χ1v) is 23.9. The van der Waals surface area contributed by atoms with Gasteiger partial charge in [-0.05, 0) is 12.8 Å². The van der Waals surface area contributed by atoms with Gasteiger partial charge in [0.1, 0.15) is 42.7 Å². The monoisotopic (exact) mass is 811 g/mol. The largest absolute Gasteiger partial charge is 0.472 e. The summed E-state index contributed by atoms with van der Waals surface area (Å²) in [7, 11) is -5.00. The van der Waals surface area contributed by atoms with Gasteiger partial charge in [0.25, 0.3) is 0 Å². The molecule has 0 saturated heterocycles. The fraction of sp³-hybridized carbons (Fsp3) is 0.976. The van der Waals surface area contributed by atoms with Crippen molar-refractivity contribution in [1.82, 2.24) is 0 Å². The van der Waals surface area contributed by atoms with E-state index < -0.39 is 63.1 Å². The van der Waals surface area contributed by atoms with Crippen molar-refractivity contribution in [3.63, 3.8) is 0 Å². The lowest BCUT2D eigenvalue weighted by atomic mass is 9.85. The minimum Gasteiger partial charge on any atom is -0.457 e. The van der Waals surface area contributed by atoms with Crippen LogP contribution in [0.3, 0.4) is 0 Å². The minimum absolute atomic E-state index is 0.0682. The van der Waals surface area contributed by atoms with Gasteiger partial charge in [0.15, 0.2) is 0 Å². The number of phosphoric acid groups is 1. The highest BCUT2D eigenvalue weighted by molar-refractivity contribution is 7.47. The van der Waals surface area contributed by atoms with Crippen LogP contribution < -0.4 is 0 Å². The normalized spacial score (nSPS) is 23.1.